The minimum absolute atomic E-state index is 0.173. The molecule has 1 aliphatic rings. The minimum atomic E-state index is -3.07. The van der Waals surface area contributed by atoms with Crippen LogP contribution in [0.4, 0.5) is 0 Å². The van der Waals surface area contributed by atoms with Crippen molar-refractivity contribution < 1.29 is 8.42 Å². The molecule has 5 heteroatoms. The summed E-state index contributed by atoms with van der Waals surface area (Å²) in [6, 6.07) is 10.6. The molecule has 0 unspecified atom stereocenters. The van der Waals surface area contributed by atoms with Crippen LogP contribution in [0.1, 0.15) is 46.1 Å². The average molecular weight is 341 g/mol. The molecule has 0 amide bonds. The molecule has 1 fully saturated rings. The number of benzene rings is 1. The highest BCUT2D eigenvalue weighted by Gasteiger charge is 2.30. The van der Waals surface area contributed by atoms with Crippen molar-refractivity contribution in [3.8, 4) is 0 Å². The van der Waals surface area contributed by atoms with E-state index in [0.29, 0.717) is 6.54 Å². The van der Waals surface area contributed by atoms with Gasteiger partial charge >= 0.3 is 0 Å². The molecule has 1 aromatic rings. The number of rotatable bonds is 6. The number of sulfonamides is 1. The molecular formula is C18H32N2O2S. The minimum Gasteiger partial charge on any atom is -0.299 e. The van der Waals surface area contributed by atoms with Gasteiger partial charge < -0.3 is 0 Å². The SMILES string of the molecule is CC.CCN(C1CCN(Cc2ccccc2)CC1)S(=O)(=O)CC. The molecule has 1 aliphatic heterocycles. The maximum absolute atomic E-state index is 12.1. The van der Waals surface area contributed by atoms with Gasteiger partial charge in [-0.3, -0.25) is 4.90 Å². The third-order valence-corrected chi connectivity index (χ3v) is 6.25. The molecule has 0 N–H and O–H groups in total. The second-order valence-corrected chi connectivity index (χ2v) is 7.81. The van der Waals surface area contributed by atoms with Crippen LogP contribution in [0, 0.1) is 0 Å². The molecule has 0 aromatic heterocycles. The molecule has 1 saturated heterocycles. The van der Waals surface area contributed by atoms with Crippen LogP contribution in [0.3, 0.4) is 0 Å². The van der Waals surface area contributed by atoms with Gasteiger partial charge in [0.05, 0.1) is 5.75 Å². The van der Waals surface area contributed by atoms with Crippen LogP contribution >= 0.6 is 0 Å². The number of piperidine rings is 1. The molecule has 0 bridgehead atoms. The first-order chi connectivity index (χ1) is 11.1. The van der Waals surface area contributed by atoms with Crippen LogP contribution in [-0.2, 0) is 16.6 Å². The summed E-state index contributed by atoms with van der Waals surface area (Å²) < 4.78 is 25.9. The van der Waals surface area contributed by atoms with E-state index in [0.717, 1.165) is 32.5 Å². The van der Waals surface area contributed by atoms with Crippen LogP contribution < -0.4 is 0 Å². The van der Waals surface area contributed by atoms with E-state index in [4.69, 9.17) is 0 Å². The second kappa shape index (κ2) is 10.1. The fourth-order valence-corrected chi connectivity index (χ4v) is 4.45. The number of hydrogen-bond acceptors (Lipinski definition) is 3. The highest BCUT2D eigenvalue weighted by molar-refractivity contribution is 7.89. The Morgan fingerprint density at radius 2 is 1.65 bits per heavy atom. The molecule has 0 radical (unpaired) electrons. The lowest BCUT2D eigenvalue weighted by atomic mass is 10.0. The Bertz CT molecular complexity index is 523. The van der Waals surface area contributed by atoms with E-state index in [9.17, 15) is 8.42 Å². The van der Waals surface area contributed by atoms with Crippen molar-refractivity contribution in [3.05, 3.63) is 35.9 Å². The third-order valence-electron chi connectivity index (χ3n) is 4.25. The van der Waals surface area contributed by atoms with Crippen molar-refractivity contribution in [2.24, 2.45) is 0 Å². The largest absolute Gasteiger partial charge is 0.299 e. The maximum atomic E-state index is 12.1. The molecule has 23 heavy (non-hydrogen) atoms. The van der Waals surface area contributed by atoms with Gasteiger partial charge in [-0.05, 0) is 25.3 Å². The van der Waals surface area contributed by atoms with Crippen LogP contribution in [0.15, 0.2) is 30.3 Å². The lowest BCUT2D eigenvalue weighted by molar-refractivity contribution is 0.156. The summed E-state index contributed by atoms with van der Waals surface area (Å²) in [5, 5.41) is 0. The smallest absolute Gasteiger partial charge is 0.214 e. The van der Waals surface area contributed by atoms with Crippen molar-refractivity contribution >= 4 is 10.0 Å². The van der Waals surface area contributed by atoms with Crippen molar-refractivity contribution in [3.63, 3.8) is 0 Å². The summed E-state index contributed by atoms with van der Waals surface area (Å²) in [5.74, 6) is 0.199. The molecule has 2 rings (SSSR count). The van der Waals surface area contributed by atoms with Gasteiger partial charge in [-0.25, -0.2) is 8.42 Å². The van der Waals surface area contributed by atoms with Gasteiger partial charge in [0.15, 0.2) is 0 Å². The molecule has 1 aromatic carbocycles. The summed E-state index contributed by atoms with van der Waals surface area (Å²) in [6.07, 6.45) is 1.86. The van der Waals surface area contributed by atoms with Crippen molar-refractivity contribution in [1.82, 2.24) is 9.21 Å². The van der Waals surface area contributed by atoms with Gasteiger partial charge in [-0.2, -0.15) is 4.31 Å². The first-order valence-corrected chi connectivity index (χ1v) is 10.4. The molecule has 1 heterocycles. The highest BCUT2D eigenvalue weighted by Crippen LogP contribution is 2.21. The normalized spacial score (nSPS) is 16.9. The topological polar surface area (TPSA) is 40.6 Å². The van der Waals surface area contributed by atoms with E-state index >= 15 is 0 Å². The highest BCUT2D eigenvalue weighted by atomic mass is 32.2. The fourth-order valence-electron chi connectivity index (χ4n) is 3.05. The van der Waals surface area contributed by atoms with E-state index in [1.807, 2.05) is 26.8 Å². The van der Waals surface area contributed by atoms with E-state index in [2.05, 4.69) is 29.2 Å². The molecule has 0 saturated carbocycles. The summed E-state index contributed by atoms with van der Waals surface area (Å²) in [5.41, 5.74) is 1.32. The Hall–Kier alpha value is -0.910. The quantitative estimate of drug-likeness (QED) is 0.797. The average Bonchev–Trinajstić information content (AvgIpc) is 2.59. The predicted molar refractivity (Wildman–Crippen MR) is 97.9 cm³/mol. The Kier molecular flexibility index (Phi) is 8.81. The van der Waals surface area contributed by atoms with Crippen LogP contribution in [0.5, 0.6) is 0 Å². The van der Waals surface area contributed by atoms with E-state index in [-0.39, 0.29) is 11.8 Å². The molecule has 4 nitrogen and oxygen atoms in total. The van der Waals surface area contributed by atoms with Gasteiger partial charge in [0.25, 0.3) is 0 Å². The van der Waals surface area contributed by atoms with Crippen LogP contribution in [0.25, 0.3) is 0 Å². The lowest BCUT2D eigenvalue weighted by Gasteiger charge is -2.37. The summed E-state index contributed by atoms with van der Waals surface area (Å²) in [6.45, 7) is 11.1. The summed E-state index contributed by atoms with van der Waals surface area (Å²) in [4.78, 5) is 2.41. The van der Waals surface area contributed by atoms with Gasteiger partial charge in [0.1, 0.15) is 0 Å². The Balaban J connectivity index is 0.00000127. The lowest BCUT2D eigenvalue weighted by Crippen LogP contribution is -2.47. The Morgan fingerprint density at radius 1 is 1.09 bits per heavy atom. The number of nitrogens with zero attached hydrogens (tertiary/aromatic N) is 2. The van der Waals surface area contributed by atoms with Crippen LogP contribution in [0.2, 0.25) is 0 Å². The number of hydrogen-bond donors (Lipinski definition) is 0. The molecule has 132 valence electrons. The zero-order valence-electron chi connectivity index (χ0n) is 15.0. The predicted octanol–water partition coefficient (Wildman–Crippen LogP) is 3.35. The van der Waals surface area contributed by atoms with E-state index in [1.165, 1.54) is 5.56 Å². The van der Waals surface area contributed by atoms with Crippen molar-refractivity contribution in [2.45, 2.75) is 53.1 Å². The maximum Gasteiger partial charge on any atom is 0.214 e. The standard InChI is InChI=1S/C16H26N2O2S.C2H6/c1-3-18(21(19,20)4-2)16-10-12-17(13-11-16)14-15-8-6-5-7-9-15;1-2/h5-9,16H,3-4,10-14H2,1-2H3;1-2H3. The Morgan fingerprint density at radius 3 is 2.13 bits per heavy atom. The zero-order valence-corrected chi connectivity index (χ0v) is 15.8. The summed E-state index contributed by atoms with van der Waals surface area (Å²) >= 11 is 0. The van der Waals surface area contributed by atoms with Crippen molar-refractivity contribution in [1.29, 1.82) is 0 Å². The van der Waals surface area contributed by atoms with Gasteiger partial charge in [-0.1, -0.05) is 51.1 Å². The van der Waals surface area contributed by atoms with Crippen molar-refractivity contribution in [2.75, 3.05) is 25.4 Å². The Labute approximate surface area is 142 Å². The van der Waals surface area contributed by atoms with Crippen LogP contribution in [-0.4, -0.2) is 49.1 Å². The molecule has 0 atom stereocenters. The van der Waals surface area contributed by atoms with E-state index < -0.39 is 10.0 Å². The molecular weight excluding hydrogens is 308 g/mol. The number of likely N-dealkylation sites (tertiary alicyclic amines) is 1. The first-order valence-electron chi connectivity index (χ1n) is 8.82. The summed E-state index contributed by atoms with van der Waals surface area (Å²) in [7, 11) is -3.07. The van der Waals surface area contributed by atoms with Gasteiger partial charge in [-0.15, -0.1) is 0 Å². The van der Waals surface area contributed by atoms with E-state index in [1.54, 1.807) is 11.2 Å². The monoisotopic (exact) mass is 340 g/mol. The first kappa shape index (κ1) is 20.1. The molecule has 0 spiro atoms. The van der Waals surface area contributed by atoms with Gasteiger partial charge in [0.2, 0.25) is 10.0 Å². The van der Waals surface area contributed by atoms with Gasteiger partial charge in [0, 0.05) is 32.2 Å². The third kappa shape index (κ3) is 5.90. The fraction of sp³-hybridized carbons (Fsp3) is 0.667. The zero-order chi connectivity index (χ0) is 17.3. The molecule has 0 aliphatic carbocycles. The second-order valence-electron chi connectivity index (χ2n) is 5.60.